The lowest BCUT2D eigenvalue weighted by Gasteiger charge is -2.34. The molecule has 6 nitrogen and oxygen atoms in total. The third-order valence-electron chi connectivity index (χ3n) is 4.00. The van der Waals surface area contributed by atoms with E-state index in [0.29, 0.717) is 19.6 Å². The Morgan fingerprint density at radius 3 is 2.27 bits per heavy atom. The van der Waals surface area contributed by atoms with Crippen LogP contribution in [0.2, 0.25) is 0 Å². The third kappa shape index (κ3) is 3.89. The van der Waals surface area contributed by atoms with Crippen molar-refractivity contribution in [3.8, 4) is 0 Å². The molecule has 1 N–H and O–H groups in total. The normalized spacial score (nSPS) is 21.3. The van der Waals surface area contributed by atoms with Crippen LogP contribution in [-0.4, -0.2) is 66.4 Å². The molecule has 22 heavy (non-hydrogen) atoms. The minimum absolute atomic E-state index is 0.0697. The third-order valence-corrected chi connectivity index (χ3v) is 4.00. The number of rotatable bonds is 1. The minimum atomic E-state index is -4.87. The van der Waals surface area contributed by atoms with Gasteiger partial charge in [-0.05, 0) is 12.8 Å². The zero-order chi connectivity index (χ0) is 16.3. The van der Waals surface area contributed by atoms with Crippen molar-refractivity contribution in [1.82, 2.24) is 15.1 Å². The number of likely N-dealkylation sites (tertiary alicyclic amines) is 1. The van der Waals surface area contributed by atoms with Crippen LogP contribution in [-0.2, 0) is 14.4 Å². The summed E-state index contributed by atoms with van der Waals surface area (Å²) in [6.45, 7) is 0.980. The number of hydrogen-bond donors (Lipinski definition) is 1. The number of carbonyl (C=O) groups excluding carboxylic acids is 3. The first kappa shape index (κ1) is 16.6. The van der Waals surface area contributed by atoms with Gasteiger partial charge in [-0.1, -0.05) is 0 Å². The Bertz CT molecular complexity index is 459. The molecule has 0 aromatic heterocycles. The standard InChI is InChI=1S/C13H18F3N3O3/c14-13(15,16)12(22)19-5-1-9(2-6-19)11(21)18-7-3-10(20)17-4-8-18/h9H,1-8H2,(H,17,20). The molecule has 0 atom stereocenters. The maximum atomic E-state index is 12.4. The van der Waals surface area contributed by atoms with Crippen molar-refractivity contribution >= 4 is 17.7 Å². The zero-order valence-corrected chi connectivity index (χ0v) is 12.0. The van der Waals surface area contributed by atoms with Gasteiger partial charge >= 0.3 is 12.1 Å². The van der Waals surface area contributed by atoms with Crippen molar-refractivity contribution in [2.45, 2.75) is 25.4 Å². The smallest absolute Gasteiger partial charge is 0.354 e. The highest BCUT2D eigenvalue weighted by Crippen LogP contribution is 2.25. The summed E-state index contributed by atoms with van der Waals surface area (Å²) in [5.41, 5.74) is 0. The van der Waals surface area contributed by atoms with Crippen LogP contribution in [0.25, 0.3) is 0 Å². The number of nitrogens with zero attached hydrogens (tertiary/aromatic N) is 2. The van der Waals surface area contributed by atoms with Crippen LogP contribution in [0, 0.1) is 5.92 Å². The van der Waals surface area contributed by atoms with Crippen LogP contribution in [0.5, 0.6) is 0 Å². The van der Waals surface area contributed by atoms with Gasteiger partial charge in [-0.3, -0.25) is 14.4 Å². The number of halogens is 3. The van der Waals surface area contributed by atoms with E-state index in [2.05, 4.69) is 5.32 Å². The summed E-state index contributed by atoms with van der Waals surface area (Å²) in [4.78, 5) is 37.0. The molecule has 2 rings (SSSR count). The van der Waals surface area contributed by atoms with Crippen LogP contribution in [0.3, 0.4) is 0 Å². The van der Waals surface area contributed by atoms with Gasteiger partial charge in [0.05, 0.1) is 0 Å². The lowest BCUT2D eigenvalue weighted by molar-refractivity contribution is -0.187. The van der Waals surface area contributed by atoms with Gasteiger partial charge in [0.25, 0.3) is 0 Å². The maximum absolute atomic E-state index is 12.4. The first-order chi connectivity index (χ1) is 10.3. The fraction of sp³-hybridized carbons (Fsp3) is 0.769. The highest BCUT2D eigenvalue weighted by molar-refractivity contribution is 5.83. The Kier molecular flexibility index (Phi) is 4.92. The molecule has 3 amide bonds. The molecule has 0 spiro atoms. The first-order valence-electron chi connectivity index (χ1n) is 7.20. The van der Waals surface area contributed by atoms with E-state index in [9.17, 15) is 27.6 Å². The molecule has 0 bridgehead atoms. The van der Waals surface area contributed by atoms with Crippen molar-refractivity contribution in [1.29, 1.82) is 0 Å². The average molecular weight is 321 g/mol. The first-order valence-corrected chi connectivity index (χ1v) is 7.20. The SMILES string of the molecule is O=C1CCN(C(=O)C2CCN(C(=O)C(F)(F)F)CC2)CCN1. The van der Waals surface area contributed by atoms with Crippen molar-refractivity contribution in [2.24, 2.45) is 5.92 Å². The van der Waals surface area contributed by atoms with E-state index in [1.807, 2.05) is 0 Å². The molecule has 0 saturated carbocycles. The molecular formula is C13H18F3N3O3. The molecule has 9 heteroatoms. The number of nitrogens with one attached hydrogen (secondary N) is 1. The lowest BCUT2D eigenvalue weighted by atomic mass is 9.95. The van der Waals surface area contributed by atoms with E-state index in [1.54, 1.807) is 4.90 Å². The summed E-state index contributed by atoms with van der Waals surface area (Å²) < 4.78 is 37.1. The van der Waals surface area contributed by atoms with Gasteiger partial charge in [0.15, 0.2) is 0 Å². The molecule has 0 radical (unpaired) electrons. The summed E-state index contributed by atoms with van der Waals surface area (Å²) in [5.74, 6) is -2.48. The highest BCUT2D eigenvalue weighted by Gasteiger charge is 2.44. The molecule has 2 aliphatic heterocycles. The second-order valence-electron chi connectivity index (χ2n) is 5.49. The Balaban J connectivity index is 1.87. The topological polar surface area (TPSA) is 69.7 Å². The number of alkyl halides is 3. The van der Waals surface area contributed by atoms with E-state index < -0.39 is 12.1 Å². The summed E-state index contributed by atoms with van der Waals surface area (Å²) >= 11 is 0. The van der Waals surface area contributed by atoms with Crippen LogP contribution in [0.15, 0.2) is 0 Å². The van der Waals surface area contributed by atoms with E-state index in [4.69, 9.17) is 0 Å². The molecule has 0 aromatic rings. The van der Waals surface area contributed by atoms with Crippen molar-refractivity contribution in [2.75, 3.05) is 32.7 Å². The van der Waals surface area contributed by atoms with Gasteiger partial charge in [-0.25, -0.2) is 0 Å². The van der Waals surface area contributed by atoms with Gasteiger partial charge in [0.2, 0.25) is 11.8 Å². The quantitative estimate of drug-likeness (QED) is 0.747. The predicted octanol–water partition coefficient (Wildman–Crippen LogP) is 0.136. The van der Waals surface area contributed by atoms with Crippen LogP contribution < -0.4 is 5.32 Å². The molecule has 0 aromatic carbocycles. The van der Waals surface area contributed by atoms with Gasteiger partial charge in [-0.2, -0.15) is 13.2 Å². The van der Waals surface area contributed by atoms with Crippen LogP contribution in [0.4, 0.5) is 13.2 Å². The fourth-order valence-corrected chi connectivity index (χ4v) is 2.75. The molecule has 0 aliphatic carbocycles. The highest BCUT2D eigenvalue weighted by atomic mass is 19.4. The number of amides is 3. The summed E-state index contributed by atoms with van der Waals surface area (Å²) in [5, 5.41) is 2.66. The molecule has 2 saturated heterocycles. The summed E-state index contributed by atoms with van der Waals surface area (Å²) in [6, 6.07) is 0. The monoisotopic (exact) mass is 321 g/mol. The second kappa shape index (κ2) is 6.53. The van der Waals surface area contributed by atoms with Crippen molar-refractivity contribution < 1.29 is 27.6 Å². The average Bonchev–Trinajstić information content (AvgIpc) is 2.70. The molecular weight excluding hydrogens is 303 g/mol. The van der Waals surface area contributed by atoms with Crippen molar-refractivity contribution in [3.63, 3.8) is 0 Å². The second-order valence-corrected chi connectivity index (χ2v) is 5.49. The Hall–Kier alpha value is -1.80. The Labute approximate surface area is 125 Å². The summed E-state index contributed by atoms with van der Waals surface area (Å²) in [7, 11) is 0. The van der Waals surface area contributed by atoms with Gasteiger partial charge in [0.1, 0.15) is 0 Å². The number of hydrogen-bond acceptors (Lipinski definition) is 3. The lowest BCUT2D eigenvalue weighted by Crippen LogP contribution is -2.48. The molecule has 124 valence electrons. The zero-order valence-electron chi connectivity index (χ0n) is 12.0. The van der Waals surface area contributed by atoms with Crippen LogP contribution >= 0.6 is 0 Å². The molecule has 0 unspecified atom stereocenters. The molecule has 2 aliphatic rings. The van der Waals surface area contributed by atoms with Gasteiger partial charge in [0, 0.05) is 45.1 Å². The van der Waals surface area contributed by atoms with Crippen molar-refractivity contribution in [3.05, 3.63) is 0 Å². The van der Waals surface area contributed by atoms with Crippen LogP contribution in [0.1, 0.15) is 19.3 Å². The Morgan fingerprint density at radius 2 is 1.68 bits per heavy atom. The van der Waals surface area contributed by atoms with E-state index >= 15 is 0 Å². The predicted molar refractivity (Wildman–Crippen MR) is 69.6 cm³/mol. The number of carbonyl (C=O) groups is 3. The number of piperidine rings is 1. The van der Waals surface area contributed by atoms with Gasteiger partial charge < -0.3 is 15.1 Å². The molecule has 2 heterocycles. The largest absolute Gasteiger partial charge is 0.471 e. The Morgan fingerprint density at radius 1 is 1.05 bits per heavy atom. The van der Waals surface area contributed by atoms with Gasteiger partial charge in [-0.15, -0.1) is 0 Å². The van der Waals surface area contributed by atoms with E-state index in [1.165, 1.54) is 0 Å². The minimum Gasteiger partial charge on any atom is -0.354 e. The molecule has 2 fully saturated rings. The van der Waals surface area contributed by atoms with E-state index in [0.717, 1.165) is 4.90 Å². The summed E-state index contributed by atoms with van der Waals surface area (Å²) in [6.07, 6.45) is -4.19. The fourth-order valence-electron chi connectivity index (χ4n) is 2.75. The maximum Gasteiger partial charge on any atom is 0.471 e. The van der Waals surface area contributed by atoms with E-state index in [-0.39, 0.29) is 50.1 Å².